The van der Waals surface area contributed by atoms with Gasteiger partial charge < -0.3 is 4.74 Å². The number of ether oxygens (including phenoxy) is 1. The molecule has 1 heterocycles. The lowest BCUT2D eigenvalue weighted by Gasteiger charge is -2.03. The third-order valence-corrected chi connectivity index (χ3v) is 3.54. The van der Waals surface area contributed by atoms with Gasteiger partial charge in [0, 0.05) is 0 Å². The fourth-order valence-corrected chi connectivity index (χ4v) is 2.11. The first kappa shape index (κ1) is 13.4. The third kappa shape index (κ3) is 3.47. The van der Waals surface area contributed by atoms with Crippen molar-refractivity contribution in [3.63, 3.8) is 0 Å². The molecule has 2 atom stereocenters. The Balaban J connectivity index is 1.77. The molecule has 0 aromatic carbocycles. The Hall–Kier alpha value is -2.03. The van der Waals surface area contributed by atoms with Crippen LogP contribution >= 0.6 is 11.3 Å². The van der Waals surface area contributed by atoms with E-state index in [-0.39, 0.29) is 22.0 Å². The van der Waals surface area contributed by atoms with Crippen molar-refractivity contribution in [3.8, 4) is 0 Å². The van der Waals surface area contributed by atoms with Crippen molar-refractivity contribution in [1.29, 1.82) is 0 Å². The van der Waals surface area contributed by atoms with Gasteiger partial charge in [-0.2, -0.15) is 0 Å². The molecule has 19 heavy (non-hydrogen) atoms. The lowest BCUT2D eigenvalue weighted by molar-refractivity contribution is -0.380. The fraction of sp³-hybridized carbons (Fsp3) is 0.500. The van der Waals surface area contributed by atoms with Crippen LogP contribution in [0.4, 0.5) is 10.1 Å². The van der Waals surface area contributed by atoms with Crippen LogP contribution < -0.4 is 5.32 Å². The van der Waals surface area contributed by atoms with E-state index in [1.165, 1.54) is 0 Å². The van der Waals surface area contributed by atoms with Gasteiger partial charge >= 0.3 is 11.0 Å². The summed E-state index contributed by atoms with van der Waals surface area (Å²) in [6, 6.07) is 0. The van der Waals surface area contributed by atoms with Gasteiger partial charge in [-0.25, -0.2) is 4.98 Å². The molecular weight excluding hydrogens is 274 g/mol. The maximum atomic E-state index is 11.4. The number of esters is 1. The molecule has 1 saturated carbocycles. The second kappa shape index (κ2) is 5.31. The highest BCUT2D eigenvalue weighted by atomic mass is 32.1. The molecule has 1 aromatic rings. The van der Waals surface area contributed by atoms with Crippen LogP contribution in [0.1, 0.15) is 13.3 Å². The van der Waals surface area contributed by atoms with E-state index in [0.29, 0.717) is 5.92 Å². The smallest absolute Gasteiger partial charge is 0.345 e. The van der Waals surface area contributed by atoms with Crippen LogP contribution in [0, 0.1) is 22.0 Å². The Kier molecular flexibility index (Phi) is 3.74. The number of carbonyl (C=O) groups excluding carboxylic acids is 2. The van der Waals surface area contributed by atoms with Crippen LogP contribution in [0.5, 0.6) is 0 Å². The van der Waals surface area contributed by atoms with Crippen molar-refractivity contribution in [2.24, 2.45) is 11.8 Å². The second-order valence-corrected chi connectivity index (χ2v) is 5.25. The summed E-state index contributed by atoms with van der Waals surface area (Å²) in [5.74, 6) is -0.732. The van der Waals surface area contributed by atoms with Crippen molar-refractivity contribution >= 4 is 33.3 Å². The Morgan fingerprint density at radius 1 is 1.68 bits per heavy atom. The maximum absolute atomic E-state index is 11.4. The summed E-state index contributed by atoms with van der Waals surface area (Å²) in [5.41, 5.74) is 0. The first-order valence-corrected chi connectivity index (χ1v) is 6.35. The van der Waals surface area contributed by atoms with Crippen LogP contribution in [0.3, 0.4) is 0 Å². The lowest BCUT2D eigenvalue weighted by Crippen LogP contribution is -2.21. The molecule has 0 aliphatic heterocycles. The molecule has 9 heteroatoms. The van der Waals surface area contributed by atoms with Gasteiger partial charge in [-0.15, -0.1) is 0 Å². The number of thiazole rings is 1. The number of hydrogen-bond acceptors (Lipinski definition) is 7. The van der Waals surface area contributed by atoms with Gasteiger partial charge in [0.15, 0.2) is 11.7 Å². The van der Waals surface area contributed by atoms with Gasteiger partial charge in [-0.1, -0.05) is 6.92 Å². The van der Waals surface area contributed by atoms with Gasteiger partial charge in [-0.3, -0.25) is 25.0 Å². The van der Waals surface area contributed by atoms with Crippen LogP contribution in [-0.2, 0) is 14.3 Å². The zero-order chi connectivity index (χ0) is 14.0. The molecular formula is C10H11N3O5S. The van der Waals surface area contributed by atoms with Gasteiger partial charge in [0.25, 0.3) is 5.91 Å². The molecule has 1 aliphatic rings. The monoisotopic (exact) mass is 285 g/mol. The normalized spacial score (nSPS) is 20.7. The topological polar surface area (TPSA) is 111 Å². The van der Waals surface area contributed by atoms with Crippen LogP contribution in [0.25, 0.3) is 0 Å². The second-order valence-electron chi connectivity index (χ2n) is 4.24. The van der Waals surface area contributed by atoms with Crippen molar-refractivity contribution in [3.05, 3.63) is 16.3 Å². The minimum Gasteiger partial charge on any atom is -0.455 e. The average Bonchev–Trinajstić information content (AvgIpc) is 2.89. The van der Waals surface area contributed by atoms with Crippen molar-refractivity contribution in [2.75, 3.05) is 11.9 Å². The number of carbonyl (C=O) groups is 2. The summed E-state index contributed by atoms with van der Waals surface area (Å²) in [7, 11) is 0. The van der Waals surface area contributed by atoms with E-state index in [2.05, 4.69) is 10.3 Å². The van der Waals surface area contributed by atoms with Crippen LogP contribution in [0.2, 0.25) is 0 Å². The number of aromatic nitrogens is 1. The van der Waals surface area contributed by atoms with E-state index in [1.54, 1.807) is 0 Å². The lowest BCUT2D eigenvalue weighted by atomic mass is 10.3. The number of nitrogens with zero attached hydrogens (tertiary/aromatic N) is 2. The largest absolute Gasteiger partial charge is 0.455 e. The first-order valence-electron chi connectivity index (χ1n) is 5.54. The van der Waals surface area contributed by atoms with Gasteiger partial charge in [-0.05, 0) is 23.7 Å². The van der Waals surface area contributed by atoms with Crippen molar-refractivity contribution in [2.45, 2.75) is 13.3 Å². The molecule has 2 unspecified atom stereocenters. The number of rotatable bonds is 5. The first-order chi connectivity index (χ1) is 8.97. The highest BCUT2D eigenvalue weighted by Gasteiger charge is 2.40. The Bertz CT molecular complexity index is 529. The predicted octanol–water partition coefficient (Wildman–Crippen LogP) is 1.19. The van der Waals surface area contributed by atoms with E-state index in [1.807, 2.05) is 6.92 Å². The Morgan fingerprint density at radius 2 is 2.37 bits per heavy atom. The fourth-order valence-electron chi connectivity index (χ4n) is 1.46. The van der Waals surface area contributed by atoms with E-state index in [0.717, 1.165) is 24.0 Å². The molecule has 0 saturated heterocycles. The summed E-state index contributed by atoms with van der Waals surface area (Å²) in [5, 5.41) is 12.7. The molecule has 1 fully saturated rings. The number of anilines is 1. The number of amides is 1. The van der Waals surface area contributed by atoms with E-state index < -0.39 is 17.4 Å². The molecule has 102 valence electrons. The molecule has 0 spiro atoms. The SMILES string of the molecule is CC1CC1C(=O)OCC(=O)Nc1ncc([N+](=O)[O-])s1. The molecule has 1 amide bonds. The van der Waals surface area contributed by atoms with E-state index in [9.17, 15) is 19.7 Å². The predicted molar refractivity (Wildman–Crippen MR) is 65.6 cm³/mol. The summed E-state index contributed by atoms with van der Waals surface area (Å²) in [6.45, 7) is 1.52. The number of hydrogen-bond donors (Lipinski definition) is 1. The van der Waals surface area contributed by atoms with Gasteiger partial charge in [0.2, 0.25) is 0 Å². The Labute approximate surface area is 111 Å². The summed E-state index contributed by atoms with van der Waals surface area (Å²) in [4.78, 5) is 36.3. The quantitative estimate of drug-likeness (QED) is 0.494. The van der Waals surface area contributed by atoms with Crippen molar-refractivity contribution < 1.29 is 19.2 Å². The zero-order valence-corrected chi connectivity index (χ0v) is 10.8. The molecule has 1 aromatic heterocycles. The maximum Gasteiger partial charge on any atom is 0.345 e. The highest BCUT2D eigenvalue weighted by Crippen LogP contribution is 2.38. The number of nitro groups is 1. The molecule has 1 aliphatic carbocycles. The molecule has 0 bridgehead atoms. The third-order valence-electron chi connectivity index (χ3n) is 2.68. The molecule has 1 N–H and O–H groups in total. The molecule has 8 nitrogen and oxygen atoms in total. The molecule has 0 radical (unpaired) electrons. The minimum atomic E-state index is -0.595. The Morgan fingerprint density at radius 3 is 2.89 bits per heavy atom. The van der Waals surface area contributed by atoms with E-state index in [4.69, 9.17) is 4.74 Å². The standard InChI is InChI=1S/C10H11N3O5S/c1-5-2-6(5)9(15)18-4-7(14)12-10-11-3-8(19-10)13(16)17/h3,5-6H,2,4H2,1H3,(H,11,12,14). The zero-order valence-electron chi connectivity index (χ0n) is 9.99. The van der Waals surface area contributed by atoms with Crippen molar-refractivity contribution in [1.82, 2.24) is 4.98 Å². The average molecular weight is 285 g/mol. The van der Waals surface area contributed by atoms with Crippen LogP contribution in [-0.4, -0.2) is 28.4 Å². The van der Waals surface area contributed by atoms with Crippen LogP contribution in [0.15, 0.2) is 6.20 Å². The minimum absolute atomic E-state index is 0.103. The number of nitrogens with one attached hydrogen (secondary N) is 1. The summed E-state index contributed by atoms with van der Waals surface area (Å²) in [6.07, 6.45) is 1.84. The van der Waals surface area contributed by atoms with Gasteiger partial charge in [0.1, 0.15) is 6.20 Å². The molecule has 2 rings (SSSR count). The summed E-state index contributed by atoms with van der Waals surface area (Å²) < 4.78 is 4.82. The van der Waals surface area contributed by atoms with Gasteiger partial charge in [0.05, 0.1) is 10.8 Å². The van der Waals surface area contributed by atoms with E-state index >= 15 is 0 Å². The summed E-state index contributed by atoms with van der Waals surface area (Å²) >= 11 is 0.740. The highest BCUT2D eigenvalue weighted by molar-refractivity contribution is 7.18.